The number of ether oxygens (including phenoxy) is 1. The van der Waals surface area contributed by atoms with Crippen molar-refractivity contribution in [1.82, 2.24) is 15.1 Å². The van der Waals surface area contributed by atoms with Crippen molar-refractivity contribution in [1.29, 1.82) is 0 Å². The van der Waals surface area contributed by atoms with Crippen LogP contribution in [0.2, 0.25) is 0 Å². The average molecular weight is 580 g/mol. The summed E-state index contributed by atoms with van der Waals surface area (Å²) in [6, 6.07) is 19.8. The van der Waals surface area contributed by atoms with Gasteiger partial charge in [-0.05, 0) is 53.9 Å². The highest BCUT2D eigenvalue weighted by atomic mass is 19.4. The first-order valence-electron chi connectivity index (χ1n) is 14.0. The second-order valence-electron chi connectivity index (χ2n) is 10.6. The highest BCUT2D eigenvalue weighted by Gasteiger charge is 2.54. The number of rotatable bonds is 6. The van der Waals surface area contributed by atoms with Crippen molar-refractivity contribution in [2.75, 3.05) is 19.7 Å². The smallest absolute Gasteiger partial charge is 0.353 e. The Hall–Kier alpha value is -4.18. The van der Waals surface area contributed by atoms with Gasteiger partial charge in [-0.25, -0.2) is 0 Å². The van der Waals surface area contributed by atoms with E-state index in [-0.39, 0.29) is 30.5 Å². The lowest BCUT2D eigenvalue weighted by atomic mass is 9.96. The number of carbonyl (C=O) groups is 3. The second kappa shape index (κ2) is 12.0. The van der Waals surface area contributed by atoms with Gasteiger partial charge in [-0.2, -0.15) is 13.2 Å². The van der Waals surface area contributed by atoms with Crippen LogP contribution < -0.4 is 5.32 Å². The minimum absolute atomic E-state index is 0.0700. The Balaban J connectivity index is 1.33. The van der Waals surface area contributed by atoms with Crippen molar-refractivity contribution in [2.24, 2.45) is 0 Å². The Labute approximate surface area is 242 Å². The number of halogens is 3. The third-order valence-electron chi connectivity index (χ3n) is 7.96. The van der Waals surface area contributed by atoms with E-state index in [1.165, 1.54) is 17.0 Å². The summed E-state index contributed by atoms with van der Waals surface area (Å²) in [5.74, 6) is -1.02. The zero-order valence-corrected chi connectivity index (χ0v) is 23.2. The molecule has 0 saturated carbocycles. The molecule has 1 unspecified atom stereocenters. The van der Waals surface area contributed by atoms with E-state index in [2.05, 4.69) is 5.32 Å². The van der Waals surface area contributed by atoms with Gasteiger partial charge < -0.3 is 15.0 Å². The van der Waals surface area contributed by atoms with Gasteiger partial charge in [0.15, 0.2) is 0 Å². The van der Waals surface area contributed by atoms with Crippen molar-refractivity contribution < 1.29 is 32.3 Å². The van der Waals surface area contributed by atoms with E-state index in [4.69, 9.17) is 4.74 Å². The molecule has 10 heteroatoms. The summed E-state index contributed by atoms with van der Waals surface area (Å²) in [5.41, 5.74) is 0.476. The normalized spacial score (nSPS) is 18.2. The minimum atomic E-state index is -4.50. The Morgan fingerprint density at radius 3 is 2.19 bits per heavy atom. The number of carbonyl (C=O) groups excluding carboxylic acids is 3. The van der Waals surface area contributed by atoms with Crippen molar-refractivity contribution in [3.05, 3.63) is 107 Å². The molecule has 2 fully saturated rings. The number of alkyl halides is 3. The predicted molar refractivity (Wildman–Crippen MR) is 149 cm³/mol. The number of hydrogen-bond donors (Lipinski definition) is 1. The summed E-state index contributed by atoms with van der Waals surface area (Å²) in [6.07, 6.45) is -3.01. The number of amides is 3. The fourth-order valence-electron chi connectivity index (χ4n) is 5.58. The van der Waals surface area contributed by atoms with Gasteiger partial charge in [0.25, 0.3) is 11.8 Å². The third kappa shape index (κ3) is 6.04. The molecule has 42 heavy (non-hydrogen) atoms. The fraction of sp³-hybridized carbons (Fsp3) is 0.344. The Morgan fingerprint density at radius 2 is 1.55 bits per heavy atom. The maximum absolute atomic E-state index is 13.8. The molecule has 5 rings (SSSR count). The molecule has 2 aliphatic rings. The van der Waals surface area contributed by atoms with Gasteiger partial charge in [0.05, 0.1) is 12.2 Å². The molecule has 1 spiro atoms. The van der Waals surface area contributed by atoms with Crippen LogP contribution in [0.3, 0.4) is 0 Å². The molecule has 3 aromatic rings. The lowest BCUT2D eigenvalue weighted by Crippen LogP contribution is -2.59. The molecule has 2 saturated heterocycles. The largest absolute Gasteiger partial charge is 0.416 e. The highest BCUT2D eigenvalue weighted by Crippen LogP contribution is 2.39. The Kier molecular flexibility index (Phi) is 8.36. The summed E-state index contributed by atoms with van der Waals surface area (Å²) < 4.78 is 45.7. The van der Waals surface area contributed by atoms with Gasteiger partial charge >= 0.3 is 6.18 Å². The standard InChI is InChI=1S/C32H32F3N3O4/c1-2-22-11-13-25(14-12-22)29(40)37-17-15-31(16-18-37)38(30(41)24-8-4-3-5-9-24)27(21-42-31)28(39)36-20-23-7-6-10-26(19-23)32(33,34)35/h3-14,19,27H,2,15-18,20-21H2,1H3,(H,36,39). The van der Waals surface area contributed by atoms with Gasteiger partial charge in [-0.15, -0.1) is 0 Å². The molecule has 0 aromatic heterocycles. The van der Waals surface area contributed by atoms with Crippen molar-refractivity contribution in [3.63, 3.8) is 0 Å². The van der Waals surface area contributed by atoms with E-state index in [9.17, 15) is 27.6 Å². The van der Waals surface area contributed by atoms with Gasteiger partial charge in [0.2, 0.25) is 5.91 Å². The van der Waals surface area contributed by atoms with Crippen LogP contribution in [-0.4, -0.2) is 59.0 Å². The first-order valence-corrected chi connectivity index (χ1v) is 14.0. The van der Waals surface area contributed by atoms with Crippen molar-refractivity contribution >= 4 is 17.7 Å². The van der Waals surface area contributed by atoms with E-state index in [0.29, 0.717) is 37.1 Å². The minimum Gasteiger partial charge on any atom is -0.353 e. The van der Waals surface area contributed by atoms with E-state index in [1.54, 1.807) is 35.2 Å². The molecule has 0 aliphatic carbocycles. The molecule has 0 bridgehead atoms. The maximum atomic E-state index is 13.8. The highest BCUT2D eigenvalue weighted by molar-refractivity contribution is 5.98. The monoisotopic (exact) mass is 579 g/mol. The van der Waals surface area contributed by atoms with Gasteiger partial charge in [-0.1, -0.05) is 49.4 Å². The van der Waals surface area contributed by atoms with E-state index < -0.39 is 29.4 Å². The van der Waals surface area contributed by atoms with Crippen molar-refractivity contribution in [2.45, 2.75) is 50.7 Å². The number of hydrogen-bond acceptors (Lipinski definition) is 4. The molecule has 2 aliphatic heterocycles. The number of likely N-dealkylation sites (tertiary alicyclic amines) is 1. The average Bonchev–Trinajstić information content (AvgIpc) is 3.38. The fourth-order valence-corrected chi connectivity index (χ4v) is 5.58. The van der Waals surface area contributed by atoms with Crippen LogP contribution >= 0.6 is 0 Å². The molecule has 1 N–H and O–H groups in total. The van der Waals surface area contributed by atoms with Crippen LogP contribution in [0.5, 0.6) is 0 Å². The zero-order chi connectivity index (χ0) is 29.9. The molecule has 7 nitrogen and oxygen atoms in total. The summed E-state index contributed by atoms with van der Waals surface area (Å²) in [6.45, 7) is 2.49. The number of benzene rings is 3. The quantitative estimate of drug-likeness (QED) is 0.443. The Bertz CT molecular complexity index is 1440. The number of piperidine rings is 1. The van der Waals surface area contributed by atoms with Gasteiger partial charge in [0.1, 0.15) is 11.8 Å². The number of nitrogens with one attached hydrogen (secondary N) is 1. The maximum Gasteiger partial charge on any atom is 0.416 e. The zero-order valence-electron chi connectivity index (χ0n) is 23.2. The van der Waals surface area contributed by atoms with E-state index in [0.717, 1.165) is 24.1 Å². The summed E-state index contributed by atoms with van der Waals surface area (Å²) in [5, 5.41) is 2.69. The summed E-state index contributed by atoms with van der Waals surface area (Å²) in [7, 11) is 0. The van der Waals surface area contributed by atoms with E-state index >= 15 is 0 Å². The summed E-state index contributed by atoms with van der Waals surface area (Å²) in [4.78, 5) is 43.6. The SMILES string of the molecule is CCc1ccc(C(=O)N2CCC3(CC2)OCC(C(=O)NCc2cccc(C(F)(F)F)c2)N3C(=O)c2ccccc2)cc1. The summed E-state index contributed by atoms with van der Waals surface area (Å²) >= 11 is 0. The molecule has 2 heterocycles. The van der Waals surface area contributed by atoms with Crippen LogP contribution in [-0.2, 0) is 28.7 Å². The molecule has 3 aromatic carbocycles. The van der Waals surface area contributed by atoms with E-state index in [1.807, 2.05) is 31.2 Å². The molecular formula is C32H32F3N3O4. The Morgan fingerprint density at radius 1 is 0.881 bits per heavy atom. The molecule has 3 amide bonds. The second-order valence-corrected chi connectivity index (χ2v) is 10.6. The predicted octanol–water partition coefficient (Wildman–Crippen LogP) is 5.06. The molecule has 1 atom stereocenters. The third-order valence-corrected chi connectivity index (χ3v) is 7.96. The molecular weight excluding hydrogens is 547 g/mol. The number of nitrogens with zero attached hydrogens (tertiary/aromatic N) is 2. The van der Waals surface area contributed by atoms with Crippen LogP contribution in [0.4, 0.5) is 13.2 Å². The topological polar surface area (TPSA) is 79.0 Å². The van der Waals surface area contributed by atoms with Crippen LogP contribution in [0.1, 0.15) is 57.2 Å². The van der Waals surface area contributed by atoms with Crippen molar-refractivity contribution in [3.8, 4) is 0 Å². The van der Waals surface area contributed by atoms with Crippen LogP contribution in [0.25, 0.3) is 0 Å². The number of aryl methyl sites for hydroxylation is 1. The van der Waals surface area contributed by atoms with Gasteiger partial charge in [0, 0.05) is 43.6 Å². The lowest BCUT2D eigenvalue weighted by molar-refractivity contribution is -0.137. The van der Waals surface area contributed by atoms with Crippen LogP contribution in [0, 0.1) is 0 Å². The first-order chi connectivity index (χ1) is 20.1. The van der Waals surface area contributed by atoms with Crippen LogP contribution in [0.15, 0.2) is 78.9 Å². The first kappa shape index (κ1) is 29.3. The lowest BCUT2D eigenvalue weighted by Gasteiger charge is -2.44. The molecule has 220 valence electrons. The van der Waals surface area contributed by atoms with Gasteiger partial charge in [-0.3, -0.25) is 19.3 Å². The molecule has 0 radical (unpaired) electrons.